The minimum atomic E-state index is -1.47. The Bertz CT molecular complexity index is 641. The van der Waals surface area contributed by atoms with Crippen molar-refractivity contribution in [3.05, 3.63) is 28.2 Å². The Labute approximate surface area is 137 Å². The summed E-state index contributed by atoms with van der Waals surface area (Å²) >= 11 is 11.6. The number of nitrogens with one attached hydrogen (secondary N) is 2. The van der Waals surface area contributed by atoms with Gasteiger partial charge in [-0.25, -0.2) is 0 Å². The number of nitriles is 1. The number of Topliss-reactive ketones (excluding diaryl/α,β-unsaturated/α-hetero) is 1. The van der Waals surface area contributed by atoms with Crippen LogP contribution < -0.4 is 10.6 Å². The zero-order chi connectivity index (χ0) is 16.7. The Morgan fingerprint density at radius 2 is 2.00 bits per heavy atom. The maximum Gasteiger partial charge on any atom is 0.249 e. The van der Waals surface area contributed by atoms with Gasteiger partial charge in [0.2, 0.25) is 11.8 Å². The van der Waals surface area contributed by atoms with Gasteiger partial charge in [0.1, 0.15) is 0 Å². The second kappa shape index (κ2) is 8.37. The quantitative estimate of drug-likeness (QED) is 0.774. The van der Waals surface area contributed by atoms with Crippen molar-refractivity contribution < 1.29 is 14.4 Å². The van der Waals surface area contributed by atoms with E-state index in [2.05, 4.69) is 10.6 Å². The molecule has 2 amide bonds. The fourth-order valence-corrected chi connectivity index (χ4v) is 2.03. The van der Waals surface area contributed by atoms with E-state index in [0.29, 0.717) is 5.02 Å². The highest BCUT2D eigenvalue weighted by molar-refractivity contribution is 6.36. The molecule has 0 aliphatic heterocycles. The summed E-state index contributed by atoms with van der Waals surface area (Å²) < 4.78 is 0. The number of halogens is 2. The predicted molar refractivity (Wildman–Crippen MR) is 82.5 cm³/mol. The highest BCUT2D eigenvalue weighted by Gasteiger charge is 2.26. The molecule has 2 N–H and O–H groups in total. The van der Waals surface area contributed by atoms with Crippen LogP contribution in [0.3, 0.4) is 0 Å². The zero-order valence-corrected chi connectivity index (χ0v) is 13.2. The Kier molecular flexibility index (Phi) is 6.83. The number of rotatable bonds is 6. The molecule has 0 bridgehead atoms. The fraction of sp³-hybridized carbons (Fsp3) is 0.286. The minimum absolute atomic E-state index is 0.0708. The van der Waals surface area contributed by atoms with E-state index >= 15 is 0 Å². The van der Waals surface area contributed by atoms with E-state index in [0.717, 1.165) is 0 Å². The molecule has 6 nitrogen and oxygen atoms in total. The number of hydrogen-bond acceptors (Lipinski definition) is 4. The average molecular weight is 342 g/mol. The van der Waals surface area contributed by atoms with Gasteiger partial charge >= 0.3 is 0 Å². The fourth-order valence-electron chi connectivity index (χ4n) is 1.58. The molecule has 1 atom stereocenters. The lowest BCUT2D eigenvalue weighted by atomic mass is 10.0. The van der Waals surface area contributed by atoms with E-state index in [1.54, 1.807) is 6.07 Å². The van der Waals surface area contributed by atoms with Gasteiger partial charge in [-0.05, 0) is 18.2 Å². The summed E-state index contributed by atoms with van der Waals surface area (Å²) in [6.07, 6.45) is -0.112. The second-order valence-corrected chi connectivity index (χ2v) is 5.22. The van der Waals surface area contributed by atoms with Crippen LogP contribution in [0.1, 0.15) is 13.3 Å². The van der Waals surface area contributed by atoms with Crippen LogP contribution in [0.4, 0.5) is 5.69 Å². The molecule has 0 saturated heterocycles. The summed E-state index contributed by atoms with van der Waals surface area (Å²) in [6, 6.07) is 6.06. The highest BCUT2D eigenvalue weighted by Crippen LogP contribution is 2.25. The van der Waals surface area contributed by atoms with Crippen molar-refractivity contribution in [2.45, 2.75) is 13.3 Å². The van der Waals surface area contributed by atoms with Crippen LogP contribution in [0.5, 0.6) is 0 Å². The molecule has 22 heavy (non-hydrogen) atoms. The molecule has 0 aliphatic rings. The average Bonchev–Trinajstić information content (AvgIpc) is 2.42. The number of hydrogen-bond donors (Lipinski definition) is 2. The number of anilines is 1. The SMILES string of the molecule is CC(=O)NCCC(=O)[C@H](C#N)C(=O)Nc1ccc(Cl)cc1Cl. The first-order valence-electron chi connectivity index (χ1n) is 6.28. The summed E-state index contributed by atoms with van der Waals surface area (Å²) in [5.74, 6) is -3.13. The van der Waals surface area contributed by atoms with Crippen LogP contribution in [0.2, 0.25) is 10.0 Å². The van der Waals surface area contributed by atoms with E-state index in [9.17, 15) is 14.4 Å². The van der Waals surface area contributed by atoms with E-state index in [4.69, 9.17) is 28.5 Å². The topological polar surface area (TPSA) is 99.1 Å². The van der Waals surface area contributed by atoms with Gasteiger partial charge in [0, 0.05) is 24.9 Å². The third kappa shape index (κ3) is 5.35. The zero-order valence-electron chi connectivity index (χ0n) is 11.7. The molecular weight excluding hydrogens is 329 g/mol. The summed E-state index contributed by atoms with van der Waals surface area (Å²) in [4.78, 5) is 34.5. The monoisotopic (exact) mass is 341 g/mol. The van der Waals surface area contributed by atoms with Gasteiger partial charge in [-0.2, -0.15) is 5.26 Å². The number of benzene rings is 1. The highest BCUT2D eigenvalue weighted by atomic mass is 35.5. The van der Waals surface area contributed by atoms with Crippen molar-refractivity contribution in [3.63, 3.8) is 0 Å². The molecule has 0 spiro atoms. The summed E-state index contributed by atoms with van der Waals surface area (Å²) in [5, 5.41) is 14.4. The summed E-state index contributed by atoms with van der Waals surface area (Å²) in [7, 11) is 0. The maximum absolute atomic E-state index is 12.0. The van der Waals surface area contributed by atoms with Crippen molar-refractivity contribution in [3.8, 4) is 6.07 Å². The van der Waals surface area contributed by atoms with Crippen LogP contribution in [0.25, 0.3) is 0 Å². The molecule has 1 rings (SSSR count). The van der Waals surface area contributed by atoms with Crippen molar-refractivity contribution in [2.75, 3.05) is 11.9 Å². The van der Waals surface area contributed by atoms with Gasteiger partial charge in [-0.1, -0.05) is 23.2 Å². The lowest BCUT2D eigenvalue weighted by Gasteiger charge is -2.11. The molecule has 0 fully saturated rings. The van der Waals surface area contributed by atoms with Crippen LogP contribution >= 0.6 is 23.2 Å². The van der Waals surface area contributed by atoms with Crippen LogP contribution in [-0.2, 0) is 14.4 Å². The molecule has 116 valence electrons. The molecule has 0 aliphatic carbocycles. The van der Waals surface area contributed by atoms with E-state index in [-0.39, 0.29) is 29.6 Å². The second-order valence-electron chi connectivity index (χ2n) is 4.37. The predicted octanol–water partition coefficient (Wildman–Crippen LogP) is 2.17. The number of ketones is 1. The van der Waals surface area contributed by atoms with Crippen molar-refractivity contribution in [1.29, 1.82) is 5.26 Å². The molecular formula is C14H13Cl2N3O3. The van der Waals surface area contributed by atoms with Crippen LogP contribution in [-0.4, -0.2) is 24.1 Å². The van der Waals surface area contributed by atoms with Gasteiger partial charge in [0.15, 0.2) is 11.7 Å². The largest absolute Gasteiger partial charge is 0.356 e. The number of amides is 2. The van der Waals surface area contributed by atoms with E-state index < -0.39 is 17.6 Å². The molecule has 0 heterocycles. The molecule has 1 aromatic rings. The van der Waals surface area contributed by atoms with Crippen LogP contribution in [0, 0.1) is 17.2 Å². The third-order valence-corrected chi connectivity index (χ3v) is 3.20. The molecule has 0 unspecified atom stereocenters. The smallest absolute Gasteiger partial charge is 0.249 e. The van der Waals surface area contributed by atoms with Gasteiger partial charge in [-0.3, -0.25) is 14.4 Å². The Hall–Kier alpha value is -2.10. The van der Waals surface area contributed by atoms with Gasteiger partial charge in [-0.15, -0.1) is 0 Å². The Morgan fingerprint density at radius 1 is 1.32 bits per heavy atom. The Balaban J connectivity index is 2.70. The van der Waals surface area contributed by atoms with E-state index in [1.807, 2.05) is 0 Å². The van der Waals surface area contributed by atoms with Gasteiger partial charge in [0.05, 0.1) is 16.8 Å². The minimum Gasteiger partial charge on any atom is -0.356 e. The van der Waals surface area contributed by atoms with Gasteiger partial charge in [0.25, 0.3) is 0 Å². The van der Waals surface area contributed by atoms with E-state index in [1.165, 1.54) is 25.1 Å². The normalized spacial score (nSPS) is 11.2. The summed E-state index contributed by atoms with van der Waals surface area (Å²) in [5.41, 5.74) is 0.256. The lowest BCUT2D eigenvalue weighted by molar-refractivity contribution is -0.128. The first-order valence-corrected chi connectivity index (χ1v) is 7.03. The third-order valence-electron chi connectivity index (χ3n) is 2.65. The number of carbonyl (C=O) groups is 3. The summed E-state index contributed by atoms with van der Waals surface area (Å²) in [6.45, 7) is 1.38. The number of nitrogens with zero attached hydrogens (tertiary/aromatic N) is 1. The molecule has 0 aromatic heterocycles. The first-order chi connectivity index (χ1) is 10.3. The molecule has 8 heteroatoms. The van der Waals surface area contributed by atoms with Crippen molar-refractivity contribution in [2.24, 2.45) is 5.92 Å². The van der Waals surface area contributed by atoms with Crippen molar-refractivity contribution >= 4 is 46.5 Å². The first kappa shape index (κ1) is 18.0. The standard InChI is InChI=1S/C14H13Cl2N3O3/c1-8(20)18-5-4-13(21)10(7-17)14(22)19-12-3-2-9(15)6-11(12)16/h2-3,6,10H,4-5H2,1H3,(H,18,20)(H,19,22)/t10-/m0/s1. The lowest BCUT2D eigenvalue weighted by Crippen LogP contribution is -2.31. The molecule has 1 aromatic carbocycles. The number of carbonyl (C=O) groups excluding carboxylic acids is 3. The van der Waals surface area contributed by atoms with Crippen LogP contribution in [0.15, 0.2) is 18.2 Å². The Morgan fingerprint density at radius 3 is 2.55 bits per heavy atom. The maximum atomic E-state index is 12.0. The molecule has 0 saturated carbocycles. The van der Waals surface area contributed by atoms with Gasteiger partial charge < -0.3 is 10.6 Å². The molecule has 0 radical (unpaired) electrons. The van der Waals surface area contributed by atoms with Crippen molar-refractivity contribution in [1.82, 2.24) is 5.32 Å².